The van der Waals surface area contributed by atoms with E-state index in [4.69, 9.17) is 10.2 Å². The monoisotopic (exact) mass is 166 g/mol. The van der Waals surface area contributed by atoms with Crippen molar-refractivity contribution in [2.75, 3.05) is 6.61 Å². The van der Waals surface area contributed by atoms with Crippen LogP contribution in [0.25, 0.3) is 0 Å². The van der Waals surface area contributed by atoms with Crippen LogP contribution in [0.1, 0.15) is 6.92 Å². The lowest BCUT2D eigenvalue weighted by Crippen LogP contribution is -2.34. The summed E-state index contributed by atoms with van der Waals surface area (Å²) in [5, 5.41) is 17.7. The SMILES string of the molecule is CC(=O)[C@H](O)[C@H](O)COP. The molecule has 1 unspecified atom stereocenters. The second kappa shape index (κ2) is 4.74. The number of hydrogen-bond donors (Lipinski definition) is 2. The van der Waals surface area contributed by atoms with Crippen LogP contribution in [0.5, 0.6) is 0 Å². The van der Waals surface area contributed by atoms with Gasteiger partial charge in [0.2, 0.25) is 0 Å². The molecule has 0 aromatic heterocycles. The number of hydrogen-bond acceptors (Lipinski definition) is 4. The van der Waals surface area contributed by atoms with Gasteiger partial charge >= 0.3 is 0 Å². The maximum Gasteiger partial charge on any atom is 0.160 e. The third kappa shape index (κ3) is 3.22. The van der Waals surface area contributed by atoms with Crippen molar-refractivity contribution in [2.45, 2.75) is 19.1 Å². The minimum Gasteiger partial charge on any atom is -0.388 e. The van der Waals surface area contributed by atoms with Gasteiger partial charge in [0.1, 0.15) is 12.2 Å². The summed E-state index contributed by atoms with van der Waals surface area (Å²) in [5.41, 5.74) is 0. The largest absolute Gasteiger partial charge is 0.388 e. The van der Waals surface area contributed by atoms with Gasteiger partial charge in [-0.25, -0.2) is 0 Å². The normalized spacial score (nSPS) is 16.4. The van der Waals surface area contributed by atoms with E-state index in [2.05, 4.69) is 4.52 Å². The molecule has 0 aromatic carbocycles. The summed E-state index contributed by atoms with van der Waals surface area (Å²) in [6.45, 7) is 1.14. The van der Waals surface area contributed by atoms with Crippen LogP contribution in [0.3, 0.4) is 0 Å². The Kier molecular flexibility index (Phi) is 4.73. The lowest BCUT2D eigenvalue weighted by Gasteiger charge is -2.12. The summed E-state index contributed by atoms with van der Waals surface area (Å²) < 4.78 is 4.43. The van der Waals surface area contributed by atoms with Crippen LogP contribution in [-0.4, -0.2) is 34.8 Å². The molecule has 0 amide bonds. The maximum atomic E-state index is 10.4. The van der Waals surface area contributed by atoms with Crippen molar-refractivity contribution >= 4 is 15.2 Å². The number of ketones is 1. The molecule has 0 aliphatic heterocycles. The topological polar surface area (TPSA) is 66.8 Å². The predicted molar refractivity (Wildman–Crippen MR) is 38.4 cm³/mol. The zero-order valence-electron chi connectivity index (χ0n) is 5.65. The summed E-state index contributed by atoms with van der Waals surface area (Å²) in [4.78, 5) is 10.4. The van der Waals surface area contributed by atoms with Crippen molar-refractivity contribution in [3.05, 3.63) is 0 Å². The highest BCUT2D eigenvalue weighted by Gasteiger charge is 2.19. The molecule has 2 N–H and O–H groups in total. The summed E-state index contributed by atoms with van der Waals surface area (Å²) in [5.74, 6) is -0.463. The molecular formula is C5H11O4P. The molecule has 0 saturated carbocycles. The summed E-state index contributed by atoms with van der Waals surface area (Å²) in [6.07, 6.45) is -2.46. The Morgan fingerprint density at radius 3 is 2.50 bits per heavy atom. The fourth-order valence-corrected chi connectivity index (χ4v) is 0.658. The van der Waals surface area contributed by atoms with Gasteiger partial charge in [-0.05, 0) is 6.92 Å². The molecule has 10 heavy (non-hydrogen) atoms. The van der Waals surface area contributed by atoms with Crippen LogP contribution >= 0.6 is 9.47 Å². The standard InChI is InChI=1S/C5H11O4P/c1-3(6)5(8)4(7)2-9-10/h4-5,7-8H,2,10H2,1H3/t4-,5+/m1/s1. The van der Waals surface area contributed by atoms with Crippen molar-refractivity contribution < 1.29 is 19.5 Å². The molecule has 0 rings (SSSR count). The molecule has 0 aromatic rings. The summed E-state index contributed by atoms with van der Waals surface area (Å²) >= 11 is 0. The van der Waals surface area contributed by atoms with Crippen LogP contribution < -0.4 is 0 Å². The van der Waals surface area contributed by atoms with Crippen molar-refractivity contribution in [1.29, 1.82) is 0 Å². The van der Waals surface area contributed by atoms with Crippen LogP contribution in [0.15, 0.2) is 0 Å². The Morgan fingerprint density at radius 1 is 1.70 bits per heavy atom. The van der Waals surface area contributed by atoms with Crippen molar-refractivity contribution in [2.24, 2.45) is 0 Å². The van der Waals surface area contributed by atoms with Gasteiger partial charge in [-0.3, -0.25) is 4.79 Å². The second-order valence-electron chi connectivity index (χ2n) is 1.96. The minimum absolute atomic E-state index is 0.0641. The van der Waals surface area contributed by atoms with E-state index < -0.39 is 18.0 Å². The first kappa shape index (κ1) is 9.98. The number of Topliss-reactive ketones (excluding diaryl/α,β-unsaturated/α-hetero) is 1. The van der Waals surface area contributed by atoms with Gasteiger partial charge in [-0.1, -0.05) is 0 Å². The van der Waals surface area contributed by atoms with E-state index in [1.54, 1.807) is 0 Å². The molecule has 0 aliphatic carbocycles. The third-order valence-electron chi connectivity index (χ3n) is 1.05. The van der Waals surface area contributed by atoms with E-state index in [0.717, 1.165) is 0 Å². The van der Waals surface area contributed by atoms with Gasteiger partial charge in [0.15, 0.2) is 5.78 Å². The average molecular weight is 166 g/mol. The fourth-order valence-electron chi connectivity index (χ4n) is 0.461. The van der Waals surface area contributed by atoms with Crippen LogP contribution in [-0.2, 0) is 9.32 Å². The number of aliphatic hydroxyl groups is 2. The van der Waals surface area contributed by atoms with Gasteiger partial charge in [0.05, 0.1) is 6.61 Å². The first-order chi connectivity index (χ1) is 4.59. The fraction of sp³-hybridized carbons (Fsp3) is 0.800. The Morgan fingerprint density at radius 2 is 2.20 bits per heavy atom. The van der Waals surface area contributed by atoms with Crippen molar-refractivity contribution in [1.82, 2.24) is 0 Å². The number of rotatable bonds is 4. The molecule has 4 nitrogen and oxygen atoms in total. The Bertz CT molecular complexity index is 116. The highest BCUT2D eigenvalue weighted by molar-refractivity contribution is 7.09. The molecule has 0 heterocycles. The predicted octanol–water partition coefficient (Wildman–Crippen LogP) is -0.896. The van der Waals surface area contributed by atoms with Gasteiger partial charge in [0.25, 0.3) is 0 Å². The lowest BCUT2D eigenvalue weighted by molar-refractivity contribution is -0.131. The van der Waals surface area contributed by atoms with Crippen molar-refractivity contribution in [3.63, 3.8) is 0 Å². The first-order valence-corrected chi connectivity index (χ1v) is 3.25. The number of carbonyl (C=O) groups excluding carboxylic acids is 1. The molecule has 0 saturated heterocycles. The van der Waals surface area contributed by atoms with E-state index in [-0.39, 0.29) is 6.61 Å². The quantitative estimate of drug-likeness (QED) is 0.531. The highest BCUT2D eigenvalue weighted by atomic mass is 31.0. The molecule has 0 spiro atoms. The van der Waals surface area contributed by atoms with E-state index in [1.165, 1.54) is 6.92 Å². The molecule has 3 atom stereocenters. The van der Waals surface area contributed by atoms with E-state index >= 15 is 0 Å². The smallest absolute Gasteiger partial charge is 0.160 e. The zero-order chi connectivity index (χ0) is 8.15. The lowest BCUT2D eigenvalue weighted by atomic mass is 10.1. The molecule has 0 radical (unpaired) electrons. The Hall–Kier alpha value is -0.0200. The van der Waals surface area contributed by atoms with E-state index in [1.807, 2.05) is 9.47 Å². The molecule has 5 heteroatoms. The molecule has 0 bridgehead atoms. The Labute approximate surface area is 61.5 Å². The van der Waals surface area contributed by atoms with Crippen LogP contribution in [0, 0.1) is 0 Å². The summed E-state index contributed by atoms with van der Waals surface area (Å²) in [6, 6.07) is 0. The second-order valence-corrected chi connectivity index (χ2v) is 2.29. The van der Waals surface area contributed by atoms with E-state index in [9.17, 15) is 4.79 Å². The molecule has 0 fully saturated rings. The van der Waals surface area contributed by atoms with Crippen molar-refractivity contribution in [3.8, 4) is 0 Å². The Balaban J connectivity index is 3.69. The van der Waals surface area contributed by atoms with Gasteiger partial charge in [0, 0.05) is 9.47 Å². The van der Waals surface area contributed by atoms with Gasteiger partial charge in [-0.2, -0.15) is 0 Å². The zero-order valence-corrected chi connectivity index (χ0v) is 6.80. The first-order valence-electron chi connectivity index (χ1n) is 2.78. The molecular weight excluding hydrogens is 155 g/mol. The van der Waals surface area contributed by atoms with Gasteiger partial charge in [-0.15, -0.1) is 0 Å². The minimum atomic E-state index is -1.33. The van der Waals surface area contributed by atoms with Crippen LogP contribution in [0.2, 0.25) is 0 Å². The summed E-state index contributed by atoms with van der Waals surface area (Å²) in [7, 11) is 1.92. The van der Waals surface area contributed by atoms with Gasteiger partial charge < -0.3 is 14.7 Å². The van der Waals surface area contributed by atoms with Crippen LogP contribution in [0.4, 0.5) is 0 Å². The number of carbonyl (C=O) groups is 1. The van der Waals surface area contributed by atoms with E-state index in [0.29, 0.717) is 0 Å². The highest BCUT2D eigenvalue weighted by Crippen LogP contribution is 1.97. The third-order valence-corrected chi connectivity index (χ3v) is 1.24. The maximum absolute atomic E-state index is 10.4. The molecule has 0 aliphatic rings. The number of aliphatic hydroxyl groups excluding tert-OH is 2. The average Bonchev–Trinajstić information content (AvgIpc) is 1.87. The molecule has 60 valence electrons.